The van der Waals surface area contributed by atoms with Crippen LogP contribution in [-0.2, 0) is 24.2 Å². The van der Waals surface area contributed by atoms with Crippen LogP contribution in [0.25, 0.3) is 0 Å². The molecule has 0 radical (unpaired) electrons. The first-order valence-electron chi connectivity index (χ1n) is 11.0. The number of aromatic nitrogens is 4. The summed E-state index contributed by atoms with van der Waals surface area (Å²) in [6.45, 7) is 9.77. The zero-order valence-corrected chi connectivity index (χ0v) is 19.0. The molecule has 0 unspecified atom stereocenters. The van der Waals surface area contributed by atoms with Crippen LogP contribution >= 0.6 is 0 Å². The second kappa shape index (κ2) is 8.68. The van der Waals surface area contributed by atoms with Crippen molar-refractivity contribution in [3.05, 3.63) is 65.6 Å². The van der Waals surface area contributed by atoms with E-state index in [-0.39, 0.29) is 11.7 Å². The fourth-order valence-corrected chi connectivity index (χ4v) is 4.25. The molecule has 1 amide bonds. The van der Waals surface area contributed by atoms with Crippen molar-refractivity contribution in [3.63, 3.8) is 0 Å². The fraction of sp³-hybridized carbons (Fsp3) is 0.417. The van der Waals surface area contributed by atoms with Gasteiger partial charge in [-0.3, -0.25) is 9.48 Å². The van der Waals surface area contributed by atoms with Gasteiger partial charge in [-0.25, -0.2) is 14.4 Å². The Morgan fingerprint density at radius 3 is 2.44 bits per heavy atom. The molecular formula is C24H29FN6O. The van der Waals surface area contributed by atoms with Crippen molar-refractivity contribution >= 4 is 17.4 Å². The van der Waals surface area contributed by atoms with Gasteiger partial charge >= 0.3 is 0 Å². The van der Waals surface area contributed by atoms with Crippen LogP contribution in [0.15, 0.2) is 42.9 Å². The maximum atomic E-state index is 13.1. The van der Waals surface area contributed by atoms with E-state index in [9.17, 15) is 9.18 Å². The summed E-state index contributed by atoms with van der Waals surface area (Å²) in [5.74, 6) is 1.39. The van der Waals surface area contributed by atoms with Gasteiger partial charge in [0.05, 0.1) is 18.9 Å². The fourth-order valence-electron chi connectivity index (χ4n) is 4.25. The molecule has 2 aromatic heterocycles. The molecule has 1 aromatic carbocycles. The lowest BCUT2D eigenvalue weighted by Gasteiger charge is -2.46. The van der Waals surface area contributed by atoms with Crippen molar-refractivity contribution in [2.45, 2.75) is 52.6 Å². The van der Waals surface area contributed by atoms with Gasteiger partial charge in [-0.15, -0.1) is 0 Å². The van der Waals surface area contributed by atoms with E-state index in [4.69, 9.17) is 4.98 Å². The number of hydrogen-bond acceptors (Lipinski definition) is 5. The van der Waals surface area contributed by atoms with Crippen LogP contribution < -0.4 is 9.80 Å². The second-order valence-corrected chi connectivity index (χ2v) is 8.52. The van der Waals surface area contributed by atoms with Crippen LogP contribution in [0.3, 0.4) is 0 Å². The van der Waals surface area contributed by atoms with Gasteiger partial charge in [-0.2, -0.15) is 5.10 Å². The lowest BCUT2D eigenvalue weighted by molar-refractivity contribution is -0.123. The van der Waals surface area contributed by atoms with Gasteiger partial charge in [0.2, 0.25) is 0 Å². The number of fused-ring (bicyclic) bond motifs is 1. The number of aryl methyl sites for hydroxylation is 2. The maximum absolute atomic E-state index is 13.1. The first-order chi connectivity index (χ1) is 15.3. The van der Waals surface area contributed by atoms with E-state index in [0.717, 1.165) is 34.9 Å². The average Bonchev–Trinajstić information content (AvgIpc) is 3.22. The number of anilines is 2. The Kier molecular flexibility index (Phi) is 5.95. The molecule has 168 valence electrons. The van der Waals surface area contributed by atoms with Gasteiger partial charge in [0.15, 0.2) is 5.82 Å². The first-order valence-corrected chi connectivity index (χ1v) is 11.0. The Hall–Kier alpha value is -3.29. The molecule has 8 heteroatoms. The van der Waals surface area contributed by atoms with Crippen molar-refractivity contribution in [2.24, 2.45) is 0 Å². The summed E-state index contributed by atoms with van der Waals surface area (Å²) in [7, 11) is 0. The molecule has 0 bridgehead atoms. The Labute approximate surface area is 187 Å². The molecule has 4 rings (SSSR count). The molecule has 0 spiro atoms. The van der Waals surface area contributed by atoms with Crippen molar-refractivity contribution in [1.29, 1.82) is 0 Å². The Morgan fingerprint density at radius 1 is 1.00 bits per heavy atom. The predicted molar refractivity (Wildman–Crippen MR) is 122 cm³/mol. The van der Waals surface area contributed by atoms with Crippen LogP contribution in [0.1, 0.15) is 44.6 Å². The third kappa shape index (κ3) is 4.09. The highest BCUT2D eigenvalue weighted by Crippen LogP contribution is 2.38. The molecule has 0 fully saturated rings. The largest absolute Gasteiger partial charge is 0.341 e. The number of halogens is 1. The van der Waals surface area contributed by atoms with Gasteiger partial charge in [0, 0.05) is 25.7 Å². The molecule has 0 saturated heterocycles. The third-order valence-electron chi connectivity index (χ3n) is 6.00. The minimum absolute atomic E-state index is 0.0688. The molecule has 32 heavy (non-hydrogen) atoms. The molecule has 1 aliphatic heterocycles. The number of nitrogens with zero attached hydrogens (tertiary/aromatic N) is 6. The molecule has 1 aliphatic rings. The second-order valence-electron chi connectivity index (χ2n) is 8.52. The lowest BCUT2D eigenvalue weighted by Crippen LogP contribution is -2.60. The van der Waals surface area contributed by atoms with Gasteiger partial charge in [0.1, 0.15) is 22.9 Å². The van der Waals surface area contributed by atoms with E-state index in [1.54, 1.807) is 23.2 Å². The van der Waals surface area contributed by atoms with Crippen LogP contribution in [0.4, 0.5) is 15.9 Å². The highest BCUT2D eigenvalue weighted by molar-refractivity contribution is 6.07. The summed E-state index contributed by atoms with van der Waals surface area (Å²) in [5.41, 5.74) is 2.21. The van der Waals surface area contributed by atoms with Crippen molar-refractivity contribution in [1.82, 2.24) is 19.7 Å². The number of carbonyl (C=O) groups excluding carboxylic acids is 1. The first kappa shape index (κ1) is 21.9. The Balaban J connectivity index is 1.49. The van der Waals surface area contributed by atoms with Crippen LogP contribution in [0.5, 0.6) is 0 Å². The van der Waals surface area contributed by atoms with Gasteiger partial charge in [-0.05, 0) is 57.4 Å². The number of benzene rings is 1. The molecular weight excluding hydrogens is 407 g/mol. The quantitative estimate of drug-likeness (QED) is 0.566. The lowest BCUT2D eigenvalue weighted by atomic mass is 9.97. The number of likely N-dealkylation sites (N-methyl/N-ethyl adjacent to an activating group) is 2. The van der Waals surface area contributed by atoms with E-state index in [0.29, 0.717) is 26.1 Å². The van der Waals surface area contributed by atoms with E-state index in [1.165, 1.54) is 12.1 Å². The molecule has 0 atom stereocenters. The van der Waals surface area contributed by atoms with Crippen LogP contribution in [0.2, 0.25) is 0 Å². The Bertz CT molecular complexity index is 1110. The summed E-state index contributed by atoms with van der Waals surface area (Å²) in [6, 6.07) is 6.45. The molecule has 0 N–H and O–H groups in total. The number of amides is 1. The van der Waals surface area contributed by atoms with Gasteiger partial charge < -0.3 is 9.80 Å². The van der Waals surface area contributed by atoms with Gasteiger partial charge in [0.25, 0.3) is 5.91 Å². The molecule has 3 heterocycles. The number of rotatable bonds is 7. The molecule has 3 aromatic rings. The summed E-state index contributed by atoms with van der Waals surface area (Å²) in [4.78, 5) is 26.2. The molecule has 7 nitrogen and oxygen atoms in total. The predicted octanol–water partition coefficient (Wildman–Crippen LogP) is 3.62. The van der Waals surface area contributed by atoms with Crippen molar-refractivity contribution in [3.8, 4) is 0 Å². The standard InChI is InChI=1S/C24H29FN6O/c1-5-30-20-14-26-21(28-22(20)31(6-2)24(3,4)23(30)32)12-9-18-13-27-29(16-18)15-17-7-10-19(25)11-8-17/h7-8,10-11,13-14,16H,5-6,9,12,15H2,1-4H3. The van der Waals surface area contributed by atoms with E-state index >= 15 is 0 Å². The molecule has 0 aliphatic carbocycles. The zero-order chi connectivity index (χ0) is 22.9. The zero-order valence-electron chi connectivity index (χ0n) is 19.0. The maximum Gasteiger partial charge on any atom is 0.252 e. The Morgan fingerprint density at radius 2 is 1.75 bits per heavy atom. The summed E-state index contributed by atoms with van der Waals surface area (Å²) in [6.07, 6.45) is 7.05. The monoisotopic (exact) mass is 436 g/mol. The minimum Gasteiger partial charge on any atom is -0.341 e. The van der Waals surface area contributed by atoms with Gasteiger partial charge in [-0.1, -0.05) is 12.1 Å². The number of hydrogen-bond donors (Lipinski definition) is 0. The highest BCUT2D eigenvalue weighted by Gasteiger charge is 2.44. The van der Waals surface area contributed by atoms with E-state index in [2.05, 4.69) is 15.0 Å². The highest BCUT2D eigenvalue weighted by atomic mass is 19.1. The van der Waals surface area contributed by atoms with Crippen LogP contribution in [-0.4, -0.2) is 44.3 Å². The smallest absolute Gasteiger partial charge is 0.252 e. The van der Waals surface area contributed by atoms with Crippen molar-refractivity contribution < 1.29 is 9.18 Å². The summed E-state index contributed by atoms with van der Waals surface area (Å²) in [5, 5.41) is 4.42. The van der Waals surface area contributed by atoms with E-state index < -0.39 is 5.54 Å². The minimum atomic E-state index is -0.648. The summed E-state index contributed by atoms with van der Waals surface area (Å²) < 4.78 is 14.9. The third-order valence-corrected chi connectivity index (χ3v) is 6.00. The summed E-state index contributed by atoms with van der Waals surface area (Å²) >= 11 is 0. The number of carbonyl (C=O) groups is 1. The van der Waals surface area contributed by atoms with Crippen LogP contribution in [0, 0.1) is 5.82 Å². The normalized spacial score (nSPS) is 15.2. The topological polar surface area (TPSA) is 67.2 Å². The average molecular weight is 437 g/mol. The van der Waals surface area contributed by atoms with E-state index in [1.807, 2.05) is 44.8 Å². The molecule has 0 saturated carbocycles. The SMILES string of the molecule is CCN1C(=O)C(C)(C)N(CC)c2nc(CCc3cnn(Cc4ccc(F)cc4)c3)ncc21. The van der Waals surface area contributed by atoms with Crippen molar-refractivity contribution in [2.75, 3.05) is 22.9 Å².